The monoisotopic (exact) mass is 546 g/mol. The van der Waals surface area contributed by atoms with Crippen molar-refractivity contribution in [1.82, 2.24) is 14.9 Å². The number of hydrogen-bond acceptors (Lipinski definition) is 6. The standard InChI is InChI=1S/C30H34N4O4S/c35-28(31-17-16-21-8-3-1-4-9-21)23-14-15-26-27(19-23)32-30(33(29(26)36)24-11-5-2-6-12-24)39-20-22-10-7-13-25(18-22)34(37)38/h7-8,10,13-15,18-19,24H,1-6,9,11-12,16-17,20H2,(H,31,35). The van der Waals surface area contributed by atoms with Crippen molar-refractivity contribution in [2.75, 3.05) is 6.54 Å². The van der Waals surface area contributed by atoms with Gasteiger partial charge in [-0.1, -0.05) is 54.8 Å². The minimum Gasteiger partial charge on any atom is -0.352 e. The van der Waals surface area contributed by atoms with E-state index in [2.05, 4.69) is 11.4 Å². The van der Waals surface area contributed by atoms with Crippen LogP contribution in [-0.4, -0.2) is 26.9 Å². The van der Waals surface area contributed by atoms with E-state index in [0.717, 1.165) is 56.9 Å². The molecule has 1 heterocycles. The molecule has 39 heavy (non-hydrogen) atoms. The lowest BCUT2D eigenvalue weighted by Gasteiger charge is -2.26. The van der Waals surface area contributed by atoms with Crippen molar-refractivity contribution < 1.29 is 9.72 Å². The van der Waals surface area contributed by atoms with Gasteiger partial charge >= 0.3 is 0 Å². The van der Waals surface area contributed by atoms with Crippen LogP contribution in [0.4, 0.5) is 5.69 Å². The average molecular weight is 547 g/mol. The molecular weight excluding hydrogens is 512 g/mol. The van der Waals surface area contributed by atoms with Crippen molar-refractivity contribution in [2.24, 2.45) is 0 Å². The average Bonchev–Trinajstić information content (AvgIpc) is 2.97. The fraction of sp³-hybridized carbons (Fsp3) is 0.433. The predicted octanol–water partition coefficient (Wildman–Crippen LogP) is 6.72. The Morgan fingerprint density at radius 3 is 2.72 bits per heavy atom. The maximum atomic E-state index is 13.7. The summed E-state index contributed by atoms with van der Waals surface area (Å²) in [4.78, 5) is 42.4. The molecule has 204 valence electrons. The van der Waals surface area contributed by atoms with Gasteiger partial charge in [0.1, 0.15) is 0 Å². The number of carbonyl (C=O) groups excluding carboxylic acids is 1. The van der Waals surface area contributed by atoms with Crippen molar-refractivity contribution in [3.8, 4) is 0 Å². The summed E-state index contributed by atoms with van der Waals surface area (Å²) in [5.41, 5.74) is 3.13. The number of nitro groups is 1. The number of amides is 1. The summed E-state index contributed by atoms with van der Waals surface area (Å²) in [6.07, 6.45) is 13.0. The van der Waals surface area contributed by atoms with Gasteiger partial charge in [-0.05, 0) is 68.7 Å². The molecule has 1 fully saturated rings. The first-order valence-corrected chi connectivity index (χ1v) is 14.9. The third kappa shape index (κ3) is 6.58. The van der Waals surface area contributed by atoms with Crippen LogP contribution in [0.15, 0.2) is 64.1 Å². The maximum absolute atomic E-state index is 13.7. The Hall–Kier alpha value is -3.46. The number of carbonyl (C=O) groups is 1. The topological polar surface area (TPSA) is 107 Å². The lowest BCUT2D eigenvalue weighted by atomic mass is 9.95. The predicted molar refractivity (Wildman–Crippen MR) is 154 cm³/mol. The molecular formula is C30H34N4O4S. The highest BCUT2D eigenvalue weighted by Crippen LogP contribution is 2.32. The number of aromatic nitrogens is 2. The Kier molecular flexibility index (Phi) is 8.76. The zero-order valence-electron chi connectivity index (χ0n) is 22.1. The highest BCUT2D eigenvalue weighted by atomic mass is 32.2. The highest BCUT2D eigenvalue weighted by molar-refractivity contribution is 7.98. The largest absolute Gasteiger partial charge is 0.352 e. The number of thioether (sulfide) groups is 1. The second kappa shape index (κ2) is 12.6. The van der Waals surface area contributed by atoms with Gasteiger partial charge in [0.25, 0.3) is 17.2 Å². The Labute approximate surface area is 232 Å². The molecule has 0 spiro atoms. The van der Waals surface area contributed by atoms with Crippen LogP contribution >= 0.6 is 11.8 Å². The van der Waals surface area contributed by atoms with E-state index in [4.69, 9.17) is 4.98 Å². The molecule has 1 saturated carbocycles. The lowest BCUT2D eigenvalue weighted by molar-refractivity contribution is -0.384. The molecule has 0 radical (unpaired) electrons. The van der Waals surface area contributed by atoms with Gasteiger partial charge in [-0.3, -0.25) is 24.3 Å². The van der Waals surface area contributed by atoms with E-state index in [1.807, 2.05) is 10.6 Å². The van der Waals surface area contributed by atoms with Gasteiger partial charge in [-0.2, -0.15) is 0 Å². The molecule has 1 aromatic heterocycles. The first-order valence-electron chi connectivity index (χ1n) is 13.9. The zero-order chi connectivity index (χ0) is 27.2. The van der Waals surface area contributed by atoms with E-state index < -0.39 is 4.92 Å². The molecule has 2 aliphatic rings. The van der Waals surface area contributed by atoms with Crippen LogP contribution < -0.4 is 10.9 Å². The Bertz CT molecular complexity index is 1460. The number of non-ortho nitro benzene ring substituents is 1. The van der Waals surface area contributed by atoms with Crippen LogP contribution in [0.1, 0.15) is 86.2 Å². The molecule has 5 rings (SSSR count). The van der Waals surface area contributed by atoms with E-state index in [1.54, 1.807) is 30.3 Å². The third-order valence-corrected chi connectivity index (χ3v) is 8.70. The van der Waals surface area contributed by atoms with Gasteiger partial charge < -0.3 is 5.32 Å². The Morgan fingerprint density at radius 2 is 1.95 bits per heavy atom. The van der Waals surface area contributed by atoms with Gasteiger partial charge in [-0.25, -0.2) is 4.98 Å². The second-order valence-corrected chi connectivity index (χ2v) is 11.4. The van der Waals surface area contributed by atoms with E-state index in [9.17, 15) is 19.7 Å². The molecule has 2 aliphatic carbocycles. The molecule has 9 heteroatoms. The molecule has 0 saturated heterocycles. The van der Waals surface area contributed by atoms with Gasteiger partial charge in [-0.15, -0.1) is 0 Å². The number of benzene rings is 2. The van der Waals surface area contributed by atoms with Gasteiger partial charge in [0, 0.05) is 36.0 Å². The van der Waals surface area contributed by atoms with Crippen molar-refractivity contribution in [1.29, 1.82) is 0 Å². The third-order valence-electron chi connectivity index (χ3n) is 7.68. The van der Waals surface area contributed by atoms with E-state index in [-0.39, 0.29) is 23.2 Å². The van der Waals surface area contributed by atoms with E-state index in [0.29, 0.717) is 33.9 Å². The summed E-state index contributed by atoms with van der Waals surface area (Å²) in [6.45, 7) is 0.587. The summed E-state index contributed by atoms with van der Waals surface area (Å²) in [5.74, 6) is 0.278. The first-order chi connectivity index (χ1) is 19.0. The molecule has 0 bridgehead atoms. The highest BCUT2D eigenvalue weighted by Gasteiger charge is 2.23. The Morgan fingerprint density at radius 1 is 1.10 bits per heavy atom. The van der Waals surface area contributed by atoms with Crippen molar-refractivity contribution >= 4 is 34.3 Å². The maximum Gasteiger partial charge on any atom is 0.269 e. The summed E-state index contributed by atoms with van der Waals surface area (Å²) in [7, 11) is 0. The molecule has 2 aromatic carbocycles. The number of nitro benzene ring substituents is 1. The number of rotatable bonds is 9. The molecule has 0 aliphatic heterocycles. The number of allylic oxidation sites excluding steroid dienone is 1. The molecule has 0 unspecified atom stereocenters. The molecule has 1 N–H and O–H groups in total. The molecule has 8 nitrogen and oxygen atoms in total. The van der Waals surface area contributed by atoms with Crippen LogP contribution in [0.25, 0.3) is 10.9 Å². The van der Waals surface area contributed by atoms with E-state index in [1.165, 1.54) is 36.2 Å². The van der Waals surface area contributed by atoms with Gasteiger partial charge in [0.2, 0.25) is 0 Å². The normalized spacial score (nSPS) is 16.2. The van der Waals surface area contributed by atoms with Crippen molar-refractivity contribution in [3.63, 3.8) is 0 Å². The fourth-order valence-corrected chi connectivity index (χ4v) is 6.57. The van der Waals surface area contributed by atoms with Crippen molar-refractivity contribution in [3.05, 3.63) is 85.7 Å². The summed E-state index contributed by atoms with van der Waals surface area (Å²) < 4.78 is 1.82. The fourth-order valence-electron chi connectivity index (χ4n) is 5.56. The molecule has 3 aromatic rings. The minimum atomic E-state index is -0.404. The lowest BCUT2D eigenvalue weighted by Crippen LogP contribution is -2.29. The summed E-state index contributed by atoms with van der Waals surface area (Å²) in [6, 6.07) is 11.8. The van der Waals surface area contributed by atoms with Crippen LogP contribution in [0.2, 0.25) is 0 Å². The quantitative estimate of drug-likeness (QED) is 0.105. The summed E-state index contributed by atoms with van der Waals surface area (Å²) >= 11 is 1.41. The smallest absolute Gasteiger partial charge is 0.269 e. The summed E-state index contributed by atoms with van der Waals surface area (Å²) in [5, 5.41) is 15.3. The van der Waals surface area contributed by atoms with Crippen LogP contribution in [0, 0.1) is 10.1 Å². The first kappa shape index (κ1) is 27.1. The number of nitrogens with zero attached hydrogens (tertiary/aromatic N) is 3. The van der Waals surface area contributed by atoms with Crippen LogP contribution in [0.3, 0.4) is 0 Å². The Balaban J connectivity index is 1.41. The van der Waals surface area contributed by atoms with Gasteiger partial charge in [0.05, 0.1) is 15.8 Å². The van der Waals surface area contributed by atoms with E-state index >= 15 is 0 Å². The number of hydrogen-bond donors (Lipinski definition) is 1. The molecule has 1 amide bonds. The SMILES string of the molecule is O=C(NCCC1=CCCCC1)c1ccc2c(=O)n(C3CCCCC3)c(SCc3cccc([N+](=O)[O-])c3)nc2c1. The zero-order valence-corrected chi connectivity index (χ0v) is 22.9. The van der Waals surface area contributed by atoms with Crippen LogP contribution in [-0.2, 0) is 5.75 Å². The van der Waals surface area contributed by atoms with Crippen LogP contribution in [0.5, 0.6) is 0 Å². The molecule has 0 atom stereocenters. The number of fused-ring (bicyclic) bond motifs is 1. The van der Waals surface area contributed by atoms with Gasteiger partial charge in [0.15, 0.2) is 5.16 Å². The van der Waals surface area contributed by atoms with Crippen molar-refractivity contribution in [2.45, 2.75) is 81.2 Å². The second-order valence-electron chi connectivity index (χ2n) is 10.4. The minimum absolute atomic E-state index is 0.0414. The number of nitrogens with one attached hydrogen (secondary N) is 1.